The Morgan fingerprint density at radius 1 is 1.05 bits per heavy atom. The first kappa shape index (κ1) is 19.4. The van der Waals surface area contributed by atoms with E-state index >= 15 is 0 Å². The Labute approximate surface area is 122 Å². The minimum atomic E-state index is -0.942. The van der Waals surface area contributed by atoms with Gasteiger partial charge in [0.15, 0.2) is 0 Å². The normalized spacial score (nSPS) is 12.3. The van der Waals surface area contributed by atoms with E-state index in [0.717, 1.165) is 12.8 Å². The van der Waals surface area contributed by atoms with Gasteiger partial charge >= 0.3 is 0 Å². The van der Waals surface area contributed by atoms with E-state index in [1.165, 1.54) is 44.9 Å². The zero-order valence-electron chi connectivity index (χ0n) is 12.8. The lowest BCUT2D eigenvalue weighted by molar-refractivity contribution is -0.136. The third-order valence-corrected chi connectivity index (χ3v) is 3.18. The Morgan fingerprint density at radius 2 is 1.60 bits per heavy atom. The van der Waals surface area contributed by atoms with Gasteiger partial charge in [-0.1, -0.05) is 58.3 Å². The van der Waals surface area contributed by atoms with Gasteiger partial charge < -0.3 is 10.2 Å². The summed E-state index contributed by atoms with van der Waals surface area (Å²) in [4.78, 5) is 16.1. The van der Waals surface area contributed by atoms with Gasteiger partial charge in [0, 0.05) is 6.42 Å². The SMILES string of the molecule is CCCCCCCCCCCC(=O)NOCC(O)CO. The molecule has 0 spiro atoms. The molecule has 5 nitrogen and oxygen atoms in total. The highest BCUT2D eigenvalue weighted by Gasteiger charge is 2.04. The molecule has 0 aliphatic rings. The fraction of sp³-hybridized carbons (Fsp3) is 0.933. The predicted octanol–water partition coefficient (Wildman–Crippen LogP) is 2.31. The maximum Gasteiger partial charge on any atom is 0.243 e. The maximum absolute atomic E-state index is 11.3. The zero-order valence-corrected chi connectivity index (χ0v) is 12.8. The summed E-state index contributed by atoms with van der Waals surface area (Å²) in [6.07, 6.45) is 10.5. The van der Waals surface area contributed by atoms with Crippen LogP contribution in [0.2, 0.25) is 0 Å². The lowest BCUT2D eigenvalue weighted by Crippen LogP contribution is -2.29. The number of aliphatic hydroxyl groups excluding tert-OH is 2. The van der Waals surface area contributed by atoms with Crippen LogP contribution < -0.4 is 5.48 Å². The molecule has 0 aliphatic heterocycles. The second-order valence-corrected chi connectivity index (χ2v) is 5.25. The largest absolute Gasteiger partial charge is 0.394 e. The molecule has 0 aliphatic carbocycles. The van der Waals surface area contributed by atoms with Crippen molar-refractivity contribution in [2.75, 3.05) is 13.2 Å². The lowest BCUT2D eigenvalue weighted by Gasteiger charge is -2.08. The summed E-state index contributed by atoms with van der Waals surface area (Å²) in [5, 5.41) is 17.5. The van der Waals surface area contributed by atoms with E-state index in [9.17, 15) is 4.79 Å². The Balaban J connectivity index is 3.19. The number of nitrogens with one attached hydrogen (secondary N) is 1. The van der Waals surface area contributed by atoms with Crippen LogP contribution in [-0.2, 0) is 9.63 Å². The van der Waals surface area contributed by atoms with Gasteiger partial charge in [-0.15, -0.1) is 0 Å². The molecule has 1 amide bonds. The van der Waals surface area contributed by atoms with Gasteiger partial charge in [0.2, 0.25) is 5.91 Å². The second kappa shape index (κ2) is 14.8. The van der Waals surface area contributed by atoms with E-state index in [1.807, 2.05) is 0 Å². The van der Waals surface area contributed by atoms with Crippen LogP contribution in [0.3, 0.4) is 0 Å². The first-order valence-electron chi connectivity index (χ1n) is 7.90. The smallest absolute Gasteiger partial charge is 0.243 e. The molecule has 0 aromatic carbocycles. The molecule has 0 bridgehead atoms. The Hall–Kier alpha value is -0.650. The topological polar surface area (TPSA) is 78.8 Å². The number of rotatable bonds is 14. The van der Waals surface area contributed by atoms with Crippen LogP contribution >= 0.6 is 0 Å². The minimum Gasteiger partial charge on any atom is -0.394 e. The summed E-state index contributed by atoms with van der Waals surface area (Å²) >= 11 is 0. The van der Waals surface area contributed by atoms with Crippen molar-refractivity contribution in [3.8, 4) is 0 Å². The standard InChI is InChI=1S/C15H31NO4/c1-2-3-4-5-6-7-8-9-10-11-15(19)16-20-13-14(18)12-17/h14,17-18H,2-13H2,1H3,(H,16,19). The van der Waals surface area contributed by atoms with Crippen molar-refractivity contribution in [1.82, 2.24) is 5.48 Å². The van der Waals surface area contributed by atoms with Crippen molar-refractivity contribution < 1.29 is 19.8 Å². The first-order valence-corrected chi connectivity index (χ1v) is 7.90. The number of amides is 1. The summed E-state index contributed by atoms with van der Waals surface area (Å²) in [5.74, 6) is -0.168. The molecule has 120 valence electrons. The highest BCUT2D eigenvalue weighted by Crippen LogP contribution is 2.10. The molecule has 0 saturated carbocycles. The van der Waals surface area contributed by atoms with Gasteiger partial charge in [0.05, 0.1) is 6.61 Å². The summed E-state index contributed by atoms with van der Waals surface area (Å²) in [6, 6.07) is 0. The molecular weight excluding hydrogens is 258 g/mol. The van der Waals surface area contributed by atoms with Crippen LogP contribution in [0.5, 0.6) is 0 Å². The van der Waals surface area contributed by atoms with Gasteiger partial charge in [0.1, 0.15) is 12.7 Å². The van der Waals surface area contributed by atoms with Crippen molar-refractivity contribution in [2.24, 2.45) is 0 Å². The van der Waals surface area contributed by atoms with Gasteiger partial charge in [-0.05, 0) is 6.42 Å². The fourth-order valence-corrected chi connectivity index (χ4v) is 1.92. The Morgan fingerprint density at radius 3 is 2.15 bits per heavy atom. The molecular formula is C15H31NO4. The van der Waals surface area contributed by atoms with E-state index in [4.69, 9.17) is 15.1 Å². The van der Waals surface area contributed by atoms with E-state index in [-0.39, 0.29) is 19.1 Å². The molecule has 0 rings (SSSR count). The number of carbonyl (C=O) groups excluding carboxylic acids is 1. The molecule has 0 radical (unpaired) electrons. The highest BCUT2D eigenvalue weighted by atomic mass is 16.7. The number of hydrogen-bond donors (Lipinski definition) is 3. The first-order chi connectivity index (χ1) is 9.70. The monoisotopic (exact) mass is 289 g/mol. The molecule has 3 N–H and O–H groups in total. The van der Waals surface area contributed by atoms with Crippen LogP contribution in [0.15, 0.2) is 0 Å². The van der Waals surface area contributed by atoms with Crippen molar-refractivity contribution in [3.63, 3.8) is 0 Å². The van der Waals surface area contributed by atoms with Gasteiger partial charge in [-0.2, -0.15) is 0 Å². The minimum absolute atomic E-state index is 0.0833. The number of hydroxylamine groups is 1. The fourth-order valence-electron chi connectivity index (χ4n) is 1.92. The maximum atomic E-state index is 11.3. The van der Waals surface area contributed by atoms with E-state index < -0.39 is 6.10 Å². The van der Waals surface area contributed by atoms with Crippen LogP contribution in [-0.4, -0.2) is 35.4 Å². The van der Waals surface area contributed by atoms with Crippen LogP contribution in [0.25, 0.3) is 0 Å². The van der Waals surface area contributed by atoms with Gasteiger partial charge in [-0.3, -0.25) is 9.63 Å². The van der Waals surface area contributed by atoms with Crippen molar-refractivity contribution in [3.05, 3.63) is 0 Å². The second-order valence-electron chi connectivity index (χ2n) is 5.25. The molecule has 5 heteroatoms. The average molecular weight is 289 g/mol. The molecule has 1 unspecified atom stereocenters. The summed E-state index contributed by atoms with van der Waals surface area (Å²) < 4.78 is 0. The third kappa shape index (κ3) is 13.8. The molecule has 0 saturated heterocycles. The summed E-state index contributed by atoms with van der Waals surface area (Å²) in [6.45, 7) is 1.77. The molecule has 0 aromatic rings. The summed E-state index contributed by atoms with van der Waals surface area (Å²) in [5.41, 5.74) is 2.26. The number of hydrogen-bond acceptors (Lipinski definition) is 4. The van der Waals surface area contributed by atoms with Crippen molar-refractivity contribution >= 4 is 5.91 Å². The molecule has 20 heavy (non-hydrogen) atoms. The lowest BCUT2D eigenvalue weighted by atomic mass is 10.1. The van der Waals surface area contributed by atoms with Crippen molar-refractivity contribution in [1.29, 1.82) is 0 Å². The number of aliphatic hydroxyl groups is 2. The predicted molar refractivity (Wildman–Crippen MR) is 79.0 cm³/mol. The quantitative estimate of drug-likeness (QED) is 0.339. The zero-order chi connectivity index (χ0) is 15.1. The van der Waals surface area contributed by atoms with Gasteiger partial charge in [0.25, 0.3) is 0 Å². The summed E-state index contributed by atoms with van der Waals surface area (Å²) in [7, 11) is 0. The third-order valence-electron chi connectivity index (χ3n) is 3.18. The molecule has 0 heterocycles. The van der Waals surface area contributed by atoms with Gasteiger partial charge in [-0.25, -0.2) is 5.48 Å². The average Bonchev–Trinajstić information content (AvgIpc) is 2.45. The molecule has 0 aromatic heterocycles. The highest BCUT2D eigenvalue weighted by molar-refractivity contribution is 5.74. The van der Waals surface area contributed by atoms with E-state index in [1.54, 1.807) is 0 Å². The van der Waals surface area contributed by atoms with E-state index in [0.29, 0.717) is 6.42 Å². The Kier molecular flexibility index (Phi) is 14.3. The van der Waals surface area contributed by atoms with Crippen LogP contribution in [0, 0.1) is 0 Å². The Bertz CT molecular complexity index is 224. The van der Waals surface area contributed by atoms with Crippen LogP contribution in [0.4, 0.5) is 0 Å². The number of carbonyl (C=O) groups is 1. The molecule has 0 fully saturated rings. The van der Waals surface area contributed by atoms with E-state index in [2.05, 4.69) is 12.4 Å². The number of unbranched alkanes of at least 4 members (excludes halogenated alkanes) is 8. The van der Waals surface area contributed by atoms with Crippen LogP contribution in [0.1, 0.15) is 71.1 Å². The van der Waals surface area contributed by atoms with Crippen molar-refractivity contribution in [2.45, 2.75) is 77.2 Å². The molecule has 1 atom stereocenters.